The first kappa shape index (κ1) is 37.6. The van der Waals surface area contributed by atoms with E-state index in [-0.39, 0.29) is 30.4 Å². The second kappa shape index (κ2) is 17.4. The van der Waals surface area contributed by atoms with Gasteiger partial charge in [0, 0.05) is 31.8 Å². The number of benzene rings is 2. The van der Waals surface area contributed by atoms with Crippen molar-refractivity contribution in [2.24, 2.45) is 11.5 Å². The highest BCUT2D eigenvalue weighted by Gasteiger charge is 2.39. The minimum atomic E-state index is -4.23. The maximum atomic E-state index is 13.9. The average molecular weight is 690 g/mol. The van der Waals surface area contributed by atoms with Gasteiger partial charge in [-0.15, -0.1) is 0 Å². The Morgan fingerprint density at radius 3 is 2.38 bits per heavy atom. The zero-order valence-corrected chi connectivity index (χ0v) is 29.0. The quantitative estimate of drug-likeness (QED) is 0.0569. The molecule has 3 rings (SSSR count). The maximum Gasteiger partial charge on any atom is 0.243 e. The number of carbonyl (C=O) groups is 3. The van der Waals surface area contributed by atoms with Crippen LogP contribution in [-0.2, 0) is 35.4 Å². The van der Waals surface area contributed by atoms with Crippen LogP contribution in [0.15, 0.2) is 53.4 Å². The first-order chi connectivity index (χ1) is 22.3. The third kappa shape index (κ3) is 11.4. The maximum absolute atomic E-state index is 13.9. The topological polar surface area (TPSA) is 219 Å². The monoisotopic (exact) mass is 689 g/mol. The minimum Gasteiger partial charge on any atom is -0.497 e. The van der Waals surface area contributed by atoms with Crippen molar-refractivity contribution in [3.05, 3.63) is 59.7 Å². The Bertz CT molecular complexity index is 1490. The Morgan fingerprint density at radius 1 is 1.09 bits per heavy atom. The van der Waals surface area contributed by atoms with Gasteiger partial charge in [-0.3, -0.25) is 19.8 Å². The fraction of sp³-hybridized carbons (Fsp3) is 0.484. The number of likely N-dealkylation sites (tertiary alicyclic amines) is 1. The highest BCUT2D eigenvalue weighted by atomic mass is 32.2. The summed E-state index contributed by atoms with van der Waals surface area (Å²) < 4.78 is 40.2. The molecular formula is C31H47N7O7SSi. The Morgan fingerprint density at radius 2 is 1.77 bits per heavy atom. The first-order valence-electron chi connectivity index (χ1n) is 15.5. The van der Waals surface area contributed by atoms with E-state index < -0.39 is 54.6 Å². The van der Waals surface area contributed by atoms with Gasteiger partial charge in [-0.1, -0.05) is 24.3 Å². The van der Waals surface area contributed by atoms with Crippen molar-refractivity contribution in [2.45, 2.75) is 68.3 Å². The Labute approximate surface area is 277 Å². The lowest BCUT2D eigenvalue weighted by Crippen LogP contribution is -2.54. The second-order valence-corrected chi connectivity index (χ2v) is 17.9. The van der Waals surface area contributed by atoms with E-state index in [4.69, 9.17) is 26.0 Å². The summed E-state index contributed by atoms with van der Waals surface area (Å²) >= 11 is 0. The van der Waals surface area contributed by atoms with Crippen molar-refractivity contribution in [3.8, 4) is 5.75 Å². The fourth-order valence-electron chi connectivity index (χ4n) is 5.13. The van der Waals surface area contributed by atoms with Crippen LogP contribution in [0.2, 0.25) is 19.1 Å². The standard InChI is InChI=1S/C31H47N7O7SSi/c1-44-24-11-13-25(14-12-24)46(42,43)37-26(20-28(39)35-16-5-18-45-47(2,3)19-15-32)31(41)38-17-4-6-27(38)30(40)36-21-22-7-9-23(10-8-22)29(33)34/h7-14,26-27,37H,4-6,15-21,32H2,1-3H3,(H3,33,34)(H,35,39)(H,36,40)/t26-,27-/m0/s1. The highest BCUT2D eigenvalue weighted by Crippen LogP contribution is 2.22. The summed E-state index contributed by atoms with van der Waals surface area (Å²) in [6, 6.07) is 11.0. The molecule has 16 heteroatoms. The zero-order valence-electron chi connectivity index (χ0n) is 27.2. The van der Waals surface area contributed by atoms with Crippen LogP contribution in [0, 0.1) is 5.41 Å². The molecule has 0 saturated carbocycles. The molecule has 2 aromatic rings. The molecule has 1 heterocycles. The molecule has 2 atom stereocenters. The summed E-state index contributed by atoms with van der Waals surface area (Å²) in [5.74, 6) is -1.19. The van der Waals surface area contributed by atoms with Gasteiger partial charge >= 0.3 is 0 Å². The van der Waals surface area contributed by atoms with Gasteiger partial charge in [0.25, 0.3) is 0 Å². The summed E-state index contributed by atoms with van der Waals surface area (Å²) in [4.78, 5) is 41.3. The third-order valence-electron chi connectivity index (χ3n) is 7.81. The molecule has 0 aliphatic carbocycles. The van der Waals surface area contributed by atoms with Crippen molar-refractivity contribution >= 4 is 41.9 Å². The smallest absolute Gasteiger partial charge is 0.243 e. The molecule has 0 spiro atoms. The molecule has 0 unspecified atom stereocenters. The lowest BCUT2D eigenvalue weighted by atomic mass is 10.1. The fourth-order valence-corrected chi connectivity index (χ4v) is 7.85. The number of nitrogen functional groups attached to an aromatic ring is 1. The van der Waals surface area contributed by atoms with E-state index in [1.165, 1.54) is 36.3 Å². The number of ether oxygens (including phenoxy) is 1. The largest absolute Gasteiger partial charge is 0.497 e. The van der Waals surface area contributed by atoms with Gasteiger partial charge in [0.2, 0.25) is 27.7 Å². The van der Waals surface area contributed by atoms with E-state index in [1.54, 1.807) is 24.3 Å². The van der Waals surface area contributed by atoms with Crippen LogP contribution in [0.1, 0.15) is 36.8 Å². The Balaban J connectivity index is 1.70. The minimum absolute atomic E-state index is 0.0653. The lowest BCUT2D eigenvalue weighted by molar-refractivity contribution is -0.140. The Hall–Kier alpha value is -3.83. The van der Waals surface area contributed by atoms with E-state index in [2.05, 4.69) is 28.4 Å². The van der Waals surface area contributed by atoms with Gasteiger partial charge in [0.05, 0.1) is 18.4 Å². The van der Waals surface area contributed by atoms with Crippen LogP contribution < -0.4 is 31.6 Å². The summed E-state index contributed by atoms with van der Waals surface area (Å²) in [6.45, 7) is 5.82. The molecule has 47 heavy (non-hydrogen) atoms. The van der Waals surface area contributed by atoms with Gasteiger partial charge in [0.15, 0.2) is 8.32 Å². The number of methoxy groups -OCH3 is 1. The van der Waals surface area contributed by atoms with E-state index >= 15 is 0 Å². The van der Waals surface area contributed by atoms with Crippen molar-refractivity contribution < 1.29 is 32.0 Å². The molecule has 1 aliphatic rings. The predicted molar refractivity (Wildman–Crippen MR) is 181 cm³/mol. The number of carbonyl (C=O) groups excluding carboxylic acids is 3. The molecule has 258 valence electrons. The summed E-state index contributed by atoms with van der Waals surface area (Å²) in [6.07, 6.45) is 0.991. The van der Waals surface area contributed by atoms with Crippen LogP contribution in [0.25, 0.3) is 0 Å². The predicted octanol–water partition coefficient (Wildman–Crippen LogP) is 1.01. The average Bonchev–Trinajstić information content (AvgIpc) is 3.53. The number of nitrogens with zero attached hydrogens (tertiary/aromatic N) is 1. The molecule has 8 N–H and O–H groups in total. The van der Waals surface area contributed by atoms with Gasteiger partial charge in [-0.05, 0) is 74.8 Å². The summed E-state index contributed by atoms with van der Waals surface area (Å²) in [5.41, 5.74) is 12.5. The number of hydrogen-bond acceptors (Lipinski definition) is 9. The molecule has 3 amide bonds. The van der Waals surface area contributed by atoms with Crippen LogP contribution in [0.5, 0.6) is 5.75 Å². The number of sulfonamides is 1. The first-order valence-corrected chi connectivity index (χ1v) is 20.1. The lowest BCUT2D eigenvalue weighted by Gasteiger charge is -2.28. The molecular weight excluding hydrogens is 643 g/mol. The summed E-state index contributed by atoms with van der Waals surface area (Å²) in [5, 5.41) is 13.1. The second-order valence-electron chi connectivity index (χ2n) is 11.9. The van der Waals surface area contributed by atoms with E-state index in [0.29, 0.717) is 43.7 Å². The van der Waals surface area contributed by atoms with Gasteiger partial charge in [0.1, 0.15) is 23.7 Å². The number of nitrogens with one attached hydrogen (secondary N) is 4. The number of amidine groups is 1. The normalized spacial score (nSPS) is 15.6. The number of amides is 3. The molecule has 0 radical (unpaired) electrons. The molecule has 0 aromatic heterocycles. The zero-order chi connectivity index (χ0) is 34.6. The molecule has 1 fully saturated rings. The number of rotatable bonds is 18. The molecule has 14 nitrogen and oxygen atoms in total. The highest BCUT2D eigenvalue weighted by molar-refractivity contribution is 7.89. The van der Waals surface area contributed by atoms with Crippen LogP contribution in [0.4, 0.5) is 0 Å². The van der Waals surface area contributed by atoms with Crippen LogP contribution >= 0.6 is 0 Å². The van der Waals surface area contributed by atoms with Crippen molar-refractivity contribution in [1.29, 1.82) is 5.41 Å². The van der Waals surface area contributed by atoms with E-state index in [1.807, 2.05) is 0 Å². The van der Waals surface area contributed by atoms with Crippen molar-refractivity contribution in [1.82, 2.24) is 20.3 Å². The van der Waals surface area contributed by atoms with Gasteiger partial charge in [-0.25, -0.2) is 8.42 Å². The van der Waals surface area contributed by atoms with Crippen molar-refractivity contribution in [2.75, 3.05) is 33.4 Å². The third-order valence-corrected chi connectivity index (χ3v) is 11.8. The SMILES string of the molecule is COc1ccc(S(=O)(=O)N[C@@H](CC(=O)NCCCO[Si](C)(C)CCN)C(=O)N2CCC[C@H]2C(=O)NCc2ccc(C(=N)N)cc2)cc1. The van der Waals surface area contributed by atoms with Gasteiger partial charge in [-0.2, -0.15) is 4.72 Å². The molecule has 0 bridgehead atoms. The molecule has 1 aliphatic heterocycles. The summed E-state index contributed by atoms with van der Waals surface area (Å²) in [7, 11) is -4.64. The molecule has 1 saturated heterocycles. The van der Waals surface area contributed by atoms with E-state index in [9.17, 15) is 22.8 Å². The van der Waals surface area contributed by atoms with Crippen LogP contribution in [-0.4, -0.2) is 90.6 Å². The molecule has 2 aromatic carbocycles. The van der Waals surface area contributed by atoms with E-state index in [0.717, 1.165) is 11.6 Å². The number of hydrogen-bond donors (Lipinski definition) is 6. The number of nitrogens with two attached hydrogens (primary N) is 2. The Kier molecular flexibility index (Phi) is 13.9. The van der Waals surface area contributed by atoms with Gasteiger partial charge < -0.3 is 36.2 Å². The van der Waals surface area contributed by atoms with Crippen LogP contribution in [0.3, 0.4) is 0 Å². The van der Waals surface area contributed by atoms with Crippen molar-refractivity contribution in [3.63, 3.8) is 0 Å².